The molecule has 0 radical (unpaired) electrons. The van der Waals surface area contributed by atoms with E-state index in [0.29, 0.717) is 11.3 Å². The van der Waals surface area contributed by atoms with Gasteiger partial charge in [-0.1, -0.05) is 18.7 Å². The summed E-state index contributed by atoms with van der Waals surface area (Å²) >= 11 is 0. The highest BCUT2D eigenvalue weighted by atomic mass is 19.3. The molecule has 1 rings (SSSR count). The monoisotopic (exact) mass is 280 g/mol. The zero-order chi connectivity index (χ0) is 15.3. The number of aliphatic imine (C=N–C) groups is 1. The molecule has 0 aliphatic heterocycles. The van der Waals surface area contributed by atoms with E-state index < -0.39 is 18.1 Å². The Morgan fingerprint density at radius 2 is 2.15 bits per heavy atom. The SMILES string of the molecule is C=C/C=C(\N=C(C)c1ccc(C(=O)O)c(N)c1)C(F)F. The molecule has 1 aromatic carbocycles. The third-order valence-electron chi connectivity index (χ3n) is 2.51. The van der Waals surface area contributed by atoms with Crippen LogP contribution < -0.4 is 5.73 Å². The van der Waals surface area contributed by atoms with Crippen LogP contribution in [0.4, 0.5) is 14.5 Å². The number of carboxylic acid groups (broad SMARTS) is 1. The number of alkyl halides is 2. The number of benzene rings is 1. The standard InChI is InChI=1S/C14H14F2N2O2/c1-3-4-12(13(15)16)18-8(2)9-5-6-10(14(19)20)11(17)7-9/h3-7,13H,1,17H2,2H3,(H,19,20)/b12-4-,18-8?. The second-order valence-corrected chi connectivity index (χ2v) is 3.93. The van der Waals surface area contributed by atoms with Gasteiger partial charge in [0, 0.05) is 11.4 Å². The predicted octanol–water partition coefficient (Wildman–Crippen LogP) is 3.11. The van der Waals surface area contributed by atoms with Gasteiger partial charge in [0.25, 0.3) is 6.43 Å². The van der Waals surface area contributed by atoms with Gasteiger partial charge in [0.1, 0.15) is 5.70 Å². The highest BCUT2D eigenvalue weighted by Crippen LogP contribution is 2.17. The third kappa shape index (κ3) is 3.74. The first-order chi connectivity index (χ1) is 9.36. The first kappa shape index (κ1) is 15.6. The Balaban J connectivity index is 3.18. The molecule has 20 heavy (non-hydrogen) atoms. The maximum Gasteiger partial charge on any atom is 0.337 e. The second-order valence-electron chi connectivity index (χ2n) is 3.93. The summed E-state index contributed by atoms with van der Waals surface area (Å²) in [6.07, 6.45) is -0.387. The fourth-order valence-corrected chi connectivity index (χ4v) is 1.52. The maximum atomic E-state index is 12.7. The van der Waals surface area contributed by atoms with E-state index in [1.807, 2.05) is 0 Å². The van der Waals surface area contributed by atoms with E-state index >= 15 is 0 Å². The minimum atomic E-state index is -2.72. The number of allylic oxidation sites excluding steroid dienone is 3. The number of hydrogen-bond acceptors (Lipinski definition) is 3. The van der Waals surface area contributed by atoms with E-state index in [0.717, 1.165) is 6.08 Å². The number of nitrogens with two attached hydrogens (primary N) is 1. The number of carboxylic acids is 1. The molecule has 0 aliphatic carbocycles. The molecule has 1 aromatic rings. The third-order valence-corrected chi connectivity index (χ3v) is 2.51. The minimum absolute atomic E-state index is 0.0442. The Labute approximate surface area is 114 Å². The van der Waals surface area contributed by atoms with E-state index in [9.17, 15) is 13.6 Å². The molecule has 0 spiro atoms. The molecule has 106 valence electrons. The molecule has 0 bridgehead atoms. The van der Waals surface area contributed by atoms with Gasteiger partial charge in [-0.25, -0.2) is 13.6 Å². The van der Waals surface area contributed by atoms with Gasteiger partial charge in [0.05, 0.1) is 5.56 Å². The van der Waals surface area contributed by atoms with Gasteiger partial charge in [0.2, 0.25) is 0 Å². The van der Waals surface area contributed by atoms with Crippen molar-refractivity contribution in [3.05, 3.63) is 53.8 Å². The molecule has 3 N–H and O–H groups in total. The Hall–Kier alpha value is -2.50. The summed E-state index contributed by atoms with van der Waals surface area (Å²) in [6.45, 7) is 4.88. The van der Waals surface area contributed by atoms with Crippen LogP contribution in [-0.4, -0.2) is 23.2 Å². The van der Waals surface area contributed by atoms with Crippen molar-refractivity contribution in [1.29, 1.82) is 0 Å². The van der Waals surface area contributed by atoms with Crippen molar-refractivity contribution >= 4 is 17.4 Å². The van der Waals surface area contributed by atoms with Crippen LogP contribution in [0.3, 0.4) is 0 Å². The van der Waals surface area contributed by atoms with Crippen molar-refractivity contribution < 1.29 is 18.7 Å². The molecule has 0 aliphatic rings. The second kappa shape index (κ2) is 6.60. The zero-order valence-electron chi connectivity index (χ0n) is 10.8. The molecular weight excluding hydrogens is 266 g/mol. The smallest absolute Gasteiger partial charge is 0.337 e. The molecular formula is C14H14F2N2O2. The van der Waals surface area contributed by atoms with E-state index in [1.54, 1.807) is 0 Å². The van der Waals surface area contributed by atoms with Crippen LogP contribution in [0, 0.1) is 0 Å². The first-order valence-electron chi connectivity index (χ1n) is 5.66. The summed E-state index contributed by atoms with van der Waals surface area (Å²) < 4.78 is 25.4. The van der Waals surface area contributed by atoms with Crippen LogP contribution in [0.2, 0.25) is 0 Å². The lowest BCUT2D eigenvalue weighted by atomic mass is 10.1. The molecule has 0 unspecified atom stereocenters. The Kier molecular flexibility index (Phi) is 5.14. The van der Waals surface area contributed by atoms with Gasteiger partial charge >= 0.3 is 5.97 Å². The van der Waals surface area contributed by atoms with Gasteiger partial charge in [-0.05, 0) is 30.7 Å². The number of rotatable bonds is 5. The van der Waals surface area contributed by atoms with E-state index in [2.05, 4.69) is 11.6 Å². The topological polar surface area (TPSA) is 75.7 Å². The van der Waals surface area contributed by atoms with Gasteiger partial charge in [-0.15, -0.1) is 0 Å². The number of carbonyl (C=O) groups is 1. The average molecular weight is 280 g/mol. The summed E-state index contributed by atoms with van der Waals surface area (Å²) in [6, 6.07) is 4.17. The van der Waals surface area contributed by atoms with Gasteiger partial charge in [0.15, 0.2) is 0 Å². The average Bonchev–Trinajstić information content (AvgIpc) is 2.37. The lowest BCUT2D eigenvalue weighted by Gasteiger charge is -2.06. The molecule has 0 saturated heterocycles. The molecule has 0 fully saturated rings. The number of hydrogen-bond donors (Lipinski definition) is 2. The highest BCUT2D eigenvalue weighted by Gasteiger charge is 2.12. The van der Waals surface area contributed by atoms with Crippen LogP contribution >= 0.6 is 0 Å². The number of nitrogen functional groups attached to an aromatic ring is 1. The van der Waals surface area contributed by atoms with Crippen molar-refractivity contribution in [2.24, 2.45) is 4.99 Å². The van der Waals surface area contributed by atoms with Crippen LogP contribution in [0.15, 0.2) is 47.6 Å². The number of halogens is 2. The van der Waals surface area contributed by atoms with Gasteiger partial charge in [-0.2, -0.15) is 0 Å². The number of anilines is 1. The molecule has 0 atom stereocenters. The largest absolute Gasteiger partial charge is 0.478 e. The molecule has 4 nitrogen and oxygen atoms in total. The van der Waals surface area contributed by atoms with Crippen LogP contribution in [0.5, 0.6) is 0 Å². The Bertz CT molecular complexity index is 593. The van der Waals surface area contributed by atoms with E-state index in [1.165, 1.54) is 31.2 Å². The Morgan fingerprint density at radius 1 is 1.50 bits per heavy atom. The van der Waals surface area contributed by atoms with Crippen molar-refractivity contribution in [1.82, 2.24) is 0 Å². The minimum Gasteiger partial charge on any atom is -0.478 e. The summed E-state index contributed by atoms with van der Waals surface area (Å²) in [7, 11) is 0. The van der Waals surface area contributed by atoms with Crippen LogP contribution in [0.25, 0.3) is 0 Å². The lowest BCUT2D eigenvalue weighted by molar-refractivity contribution is 0.0698. The van der Waals surface area contributed by atoms with Crippen LogP contribution in [0.1, 0.15) is 22.8 Å². The lowest BCUT2D eigenvalue weighted by Crippen LogP contribution is -2.05. The van der Waals surface area contributed by atoms with Gasteiger partial charge < -0.3 is 10.8 Å². The molecule has 0 aromatic heterocycles. The van der Waals surface area contributed by atoms with Crippen molar-refractivity contribution in [3.8, 4) is 0 Å². The van der Waals surface area contributed by atoms with Crippen molar-refractivity contribution in [2.45, 2.75) is 13.3 Å². The summed E-state index contributed by atoms with van der Waals surface area (Å²) in [5, 5.41) is 8.85. The number of aromatic carboxylic acids is 1. The zero-order valence-corrected chi connectivity index (χ0v) is 10.8. The van der Waals surface area contributed by atoms with E-state index in [4.69, 9.17) is 10.8 Å². The summed E-state index contributed by atoms with van der Waals surface area (Å²) in [5.74, 6) is -1.15. The maximum absolute atomic E-state index is 12.7. The quantitative estimate of drug-likeness (QED) is 0.494. The van der Waals surface area contributed by atoms with Gasteiger partial charge in [-0.3, -0.25) is 4.99 Å². The summed E-state index contributed by atoms with van der Waals surface area (Å²) in [4.78, 5) is 14.6. The highest BCUT2D eigenvalue weighted by molar-refractivity contribution is 6.02. The molecule has 0 heterocycles. The predicted molar refractivity (Wildman–Crippen MR) is 74.3 cm³/mol. The summed E-state index contributed by atoms with van der Waals surface area (Å²) in [5.41, 5.74) is 5.97. The first-order valence-corrected chi connectivity index (χ1v) is 5.66. The van der Waals surface area contributed by atoms with Crippen molar-refractivity contribution in [2.75, 3.05) is 5.73 Å². The fraction of sp³-hybridized carbons (Fsp3) is 0.143. The fourth-order valence-electron chi connectivity index (χ4n) is 1.52. The normalized spacial score (nSPS) is 12.6. The van der Waals surface area contributed by atoms with Crippen LogP contribution in [-0.2, 0) is 0 Å². The van der Waals surface area contributed by atoms with Crippen molar-refractivity contribution in [3.63, 3.8) is 0 Å². The molecule has 0 amide bonds. The number of nitrogens with zero attached hydrogens (tertiary/aromatic N) is 1. The Morgan fingerprint density at radius 3 is 2.60 bits per heavy atom. The molecule has 0 saturated carbocycles. The van der Waals surface area contributed by atoms with E-state index in [-0.39, 0.29) is 11.3 Å². The molecule has 6 heteroatoms.